The number of benzene rings is 1. The largest absolute Gasteiger partial charge is 0.508 e. The molecule has 1 aromatic carbocycles. The van der Waals surface area contributed by atoms with Gasteiger partial charge in [0.15, 0.2) is 0 Å². The Kier molecular flexibility index (Phi) is 2.94. The first-order valence-corrected chi connectivity index (χ1v) is 4.60. The fraction of sp³-hybridized carbons (Fsp3) is 0.455. The minimum atomic E-state index is -0.110. The molecule has 1 rings (SSSR count). The molecular formula is C11H17NO. The summed E-state index contributed by atoms with van der Waals surface area (Å²) in [6, 6.07) is 5.60. The Morgan fingerprint density at radius 1 is 1.23 bits per heavy atom. The highest BCUT2D eigenvalue weighted by Crippen LogP contribution is 2.26. The topological polar surface area (TPSA) is 46.2 Å². The number of phenolic OH excluding ortho intramolecular Hbond substituents is 1. The van der Waals surface area contributed by atoms with Crippen LogP contribution in [-0.2, 0) is 0 Å². The summed E-state index contributed by atoms with van der Waals surface area (Å²) in [7, 11) is 0. The van der Waals surface area contributed by atoms with Gasteiger partial charge in [-0.05, 0) is 24.5 Å². The van der Waals surface area contributed by atoms with Gasteiger partial charge in [0.2, 0.25) is 0 Å². The van der Waals surface area contributed by atoms with Crippen molar-refractivity contribution in [2.45, 2.75) is 32.7 Å². The minimum absolute atomic E-state index is 0.110. The highest BCUT2D eigenvalue weighted by Gasteiger charge is 2.07. The molecule has 0 aliphatic carbocycles. The molecule has 2 heteroatoms. The SMILES string of the molecule is CC(C)c1ccc(C(C)N)c(O)c1. The van der Waals surface area contributed by atoms with Gasteiger partial charge in [-0.15, -0.1) is 0 Å². The van der Waals surface area contributed by atoms with Crippen LogP contribution < -0.4 is 5.73 Å². The molecular weight excluding hydrogens is 162 g/mol. The van der Waals surface area contributed by atoms with E-state index in [0.717, 1.165) is 11.1 Å². The molecule has 2 nitrogen and oxygen atoms in total. The van der Waals surface area contributed by atoms with Gasteiger partial charge in [-0.2, -0.15) is 0 Å². The zero-order valence-electron chi connectivity index (χ0n) is 8.41. The van der Waals surface area contributed by atoms with E-state index in [-0.39, 0.29) is 6.04 Å². The first kappa shape index (κ1) is 10.1. The Labute approximate surface area is 79.4 Å². The van der Waals surface area contributed by atoms with Crippen LogP contribution in [0.5, 0.6) is 5.75 Å². The summed E-state index contributed by atoms with van der Waals surface area (Å²) in [4.78, 5) is 0. The maximum atomic E-state index is 9.63. The van der Waals surface area contributed by atoms with Crippen LogP contribution in [0.3, 0.4) is 0 Å². The van der Waals surface area contributed by atoms with Crippen LogP contribution >= 0.6 is 0 Å². The highest BCUT2D eigenvalue weighted by molar-refractivity contribution is 5.39. The summed E-state index contributed by atoms with van der Waals surface area (Å²) >= 11 is 0. The molecule has 3 N–H and O–H groups in total. The van der Waals surface area contributed by atoms with Gasteiger partial charge in [0.25, 0.3) is 0 Å². The fourth-order valence-electron chi connectivity index (χ4n) is 1.30. The maximum Gasteiger partial charge on any atom is 0.120 e. The normalized spacial score (nSPS) is 13.3. The molecule has 0 bridgehead atoms. The van der Waals surface area contributed by atoms with Gasteiger partial charge in [-0.25, -0.2) is 0 Å². The van der Waals surface area contributed by atoms with Gasteiger partial charge in [0, 0.05) is 11.6 Å². The molecule has 72 valence electrons. The van der Waals surface area contributed by atoms with E-state index in [1.54, 1.807) is 6.07 Å². The lowest BCUT2D eigenvalue weighted by atomic mass is 9.99. The van der Waals surface area contributed by atoms with E-state index in [1.165, 1.54) is 0 Å². The number of phenols is 1. The van der Waals surface area contributed by atoms with E-state index in [9.17, 15) is 5.11 Å². The van der Waals surface area contributed by atoms with Gasteiger partial charge in [-0.1, -0.05) is 26.0 Å². The third-order valence-corrected chi connectivity index (χ3v) is 2.21. The van der Waals surface area contributed by atoms with Gasteiger partial charge < -0.3 is 10.8 Å². The molecule has 0 fully saturated rings. The highest BCUT2D eigenvalue weighted by atomic mass is 16.3. The number of nitrogens with two attached hydrogens (primary N) is 1. The first-order chi connectivity index (χ1) is 6.02. The summed E-state index contributed by atoms with van der Waals surface area (Å²) in [5, 5.41) is 9.63. The molecule has 1 aromatic rings. The van der Waals surface area contributed by atoms with Crippen LogP contribution in [0.25, 0.3) is 0 Å². The van der Waals surface area contributed by atoms with Gasteiger partial charge in [0.05, 0.1) is 0 Å². The quantitative estimate of drug-likeness (QED) is 0.732. The van der Waals surface area contributed by atoms with Crippen LogP contribution in [0.15, 0.2) is 18.2 Å². The molecule has 0 aliphatic rings. The smallest absolute Gasteiger partial charge is 0.120 e. The maximum absolute atomic E-state index is 9.63. The van der Waals surface area contributed by atoms with Crippen LogP contribution in [0, 0.1) is 0 Å². The van der Waals surface area contributed by atoms with Crippen molar-refractivity contribution in [1.29, 1.82) is 0 Å². The number of aromatic hydroxyl groups is 1. The second kappa shape index (κ2) is 3.79. The lowest BCUT2D eigenvalue weighted by Gasteiger charge is -2.11. The summed E-state index contributed by atoms with van der Waals surface area (Å²) < 4.78 is 0. The number of hydrogen-bond acceptors (Lipinski definition) is 2. The molecule has 1 unspecified atom stereocenters. The molecule has 0 radical (unpaired) electrons. The van der Waals surface area contributed by atoms with E-state index in [4.69, 9.17) is 5.73 Å². The fourth-order valence-corrected chi connectivity index (χ4v) is 1.30. The van der Waals surface area contributed by atoms with Crippen LogP contribution in [0.4, 0.5) is 0 Å². The number of rotatable bonds is 2. The number of hydrogen-bond donors (Lipinski definition) is 2. The third-order valence-electron chi connectivity index (χ3n) is 2.21. The van der Waals surface area contributed by atoms with Gasteiger partial charge in [-0.3, -0.25) is 0 Å². The first-order valence-electron chi connectivity index (χ1n) is 4.60. The molecule has 0 saturated heterocycles. The Balaban J connectivity index is 3.06. The van der Waals surface area contributed by atoms with Crippen molar-refractivity contribution in [3.8, 4) is 5.75 Å². The Morgan fingerprint density at radius 3 is 2.23 bits per heavy atom. The molecule has 0 saturated carbocycles. The minimum Gasteiger partial charge on any atom is -0.508 e. The summed E-state index contributed by atoms with van der Waals surface area (Å²) in [5.41, 5.74) is 7.63. The zero-order chi connectivity index (χ0) is 10.0. The van der Waals surface area contributed by atoms with E-state index in [0.29, 0.717) is 11.7 Å². The average Bonchev–Trinajstić information content (AvgIpc) is 2.03. The molecule has 0 aliphatic heterocycles. The molecule has 13 heavy (non-hydrogen) atoms. The van der Waals surface area contributed by atoms with Crippen molar-refractivity contribution in [3.63, 3.8) is 0 Å². The monoisotopic (exact) mass is 179 g/mol. The van der Waals surface area contributed by atoms with Gasteiger partial charge in [0.1, 0.15) is 5.75 Å². The second-order valence-corrected chi connectivity index (χ2v) is 3.76. The molecule has 0 spiro atoms. The summed E-state index contributed by atoms with van der Waals surface area (Å²) in [5.74, 6) is 0.745. The van der Waals surface area contributed by atoms with Crippen molar-refractivity contribution < 1.29 is 5.11 Å². The summed E-state index contributed by atoms with van der Waals surface area (Å²) in [6.07, 6.45) is 0. The van der Waals surface area contributed by atoms with E-state index in [2.05, 4.69) is 13.8 Å². The van der Waals surface area contributed by atoms with Crippen LogP contribution in [0.1, 0.15) is 43.9 Å². The Hall–Kier alpha value is -1.02. The van der Waals surface area contributed by atoms with E-state index < -0.39 is 0 Å². The van der Waals surface area contributed by atoms with Crippen molar-refractivity contribution in [3.05, 3.63) is 29.3 Å². The third kappa shape index (κ3) is 2.22. The van der Waals surface area contributed by atoms with Crippen molar-refractivity contribution >= 4 is 0 Å². The molecule has 1 atom stereocenters. The zero-order valence-corrected chi connectivity index (χ0v) is 8.41. The van der Waals surface area contributed by atoms with E-state index >= 15 is 0 Å². The summed E-state index contributed by atoms with van der Waals surface area (Å²) in [6.45, 7) is 6.06. The predicted octanol–water partition coefficient (Wildman–Crippen LogP) is 2.54. The van der Waals surface area contributed by atoms with Crippen molar-refractivity contribution in [1.82, 2.24) is 0 Å². The van der Waals surface area contributed by atoms with Crippen LogP contribution in [0.2, 0.25) is 0 Å². The van der Waals surface area contributed by atoms with Crippen molar-refractivity contribution in [2.75, 3.05) is 0 Å². The Bertz CT molecular complexity index is 292. The van der Waals surface area contributed by atoms with Crippen molar-refractivity contribution in [2.24, 2.45) is 5.73 Å². The van der Waals surface area contributed by atoms with Gasteiger partial charge >= 0.3 is 0 Å². The lowest BCUT2D eigenvalue weighted by molar-refractivity contribution is 0.462. The molecule has 0 heterocycles. The van der Waals surface area contributed by atoms with E-state index in [1.807, 2.05) is 19.1 Å². The molecule has 0 amide bonds. The average molecular weight is 179 g/mol. The van der Waals surface area contributed by atoms with Crippen LogP contribution in [-0.4, -0.2) is 5.11 Å². The standard InChI is InChI=1S/C11H17NO/c1-7(2)9-4-5-10(8(3)12)11(13)6-9/h4-8,13H,12H2,1-3H3. The lowest BCUT2D eigenvalue weighted by Crippen LogP contribution is -2.05. The Morgan fingerprint density at radius 2 is 1.85 bits per heavy atom. The molecule has 0 aromatic heterocycles. The second-order valence-electron chi connectivity index (χ2n) is 3.76. The predicted molar refractivity (Wildman–Crippen MR) is 54.8 cm³/mol.